The molecule has 0 fully saturated rings. The molecule has 3 amide bonds. The molecule has 42 heavy (non-hydrogen) atoms. The largest absolute Gasteiger partial charge is 0.458 e. The van der Waals surface area contributed by atoms with Crippen LogP contribution in [-0.4, -0.2) is 54.7 Å². The third-order valence-corrected chi connectivity index (χ3v) is 6.80. The molecule has 0 aliphatic heterocycles. The Bertz CT molecular complexity index is 1390. The number of hydrogen-bond acceptors (Lipinski definition) is 6. The Morgan fingerprint density at radius 1 is 0.810 bits per heavy atom. The normalized spacial score (nSPS) is 13.6. The fourth-order valence-electron chi connectivity index (χ4n) is 4.86. The Hall–Kier alpha value is -4.66. The molecule has 0 radical (unpaired) electrons. The van der Waals surface area contributed by atoms with Gasteiger partial charge in [-0.2, -0.15) is 0 Å². The number of ether oxygens (including phenoxy) is 2. The van der Waals surface area contributed by atoms with Crippen molar-refractivity contribution in [2.24, 2.45) is 0 Å². The second kappa shape index (κ2) is 13.3. The highest BCUT2D eigenvalue weighted by molar-refractivity contribution is 5.91. The second-order valence-electron chi connectivity index (χ2n) is 11.3. The summed E-state index contributed by atoms with van der Waals surface area (Å²) < 4.78 is 11.0. The average Bonchev–Trinajstić information content (AvgIpc) is 3.27. The quantitative estimate of drug-likeness (QED) is 0.315. The Morgan fingerprint density at radius 2 is 1.38 bits per heavy atom. The summed E-state index contributed by atoms with van der Waals surface area (Å²) >= 11 is 0. The van der Waals surface area contributed by atoms with Crippen LogP contribution >= 0.6 is 0 Å². The minimum absolute atomic E-state index is 0.107. The van der Waals surface area contributed by atoms with Crippen LogP contribution in [0.2, 0.25) is 0 Å². The van der Waals surface area contributed by atoms with Crippen molar-refractivity contribution >= 4 is 23.9 Å². The SMILES string of the molecule is C[C@@H](NC(=O)OCC1c2ccccc2-c2ccccc21)C(=O)NCC(=O)N[C@@H](Cc1ccccc1)C(=O)OC(C)(C)C. The van der Waals surface area contributed by atoms with Gasteiger partial charge >= 0.3 is 12.1 Å². The molecule has 0 aromatic heterocycles. The summed E-state index contributed by atoms with van der Waals surface area (Å²) in [6.07, 6.45) is -0.508. The summed E-state index contributed by atoms with van der Waals surface area (Å²) in [5.41, 5.74) is 4.52. The maximum atomic E-state index is 12.8. The van der Waals surface area contributed by atoms with Gasteiger partial charge in [0.15, 0.2) is 0 Å². The summed E-state index contributed by atoms with van der Waals surface area (Å²) in [7, 11) is 0. The van der Waals surface area contributed by atoms with E-state index in [1.807, 2.05) is 78.9 Å². The van der Waals surface area contributed by atoms with Crippen LogP contribution in [0.5, 0.6) is 0 Å². The lowest BCUT2D eigenvalue weighted by atomic mass is 9.98. The van der Waals surface area contributed by atoms with Gasteiger partial charge in [-0.1, -0.05) is 78.9 Å². The van der Waals surface area contributed by atoms with Crippen molar-refractivity contribution in [3.05, 3.63) is 95.6 Å². The highest BCUT2D eigenvalue weighted by Crippen LogP contribution is 2.44. The number of amides is 3. The zero-order chi connectivity index (χ0) is 30.3. The summed E-state index contributed by atoms with van der Waals surface area (Å²) in [5, 5.41) is 7.66. The van der Waals surface area contributed by atoms with E-state index in [4.69, 9.17) is 9.47 Å². The van der Waals surface area contributed by atoms with Crippen molar-refractivity contribution in [3.8, 4) is 11.1 Å². The lowest BCUT2D eigenvalue weighted by Gasteiger charge is -2.25. The van der Waals surface area contributed by atoms with Gasteiger partial charge in [0.25, 0.3) is 0 Å². The molecule has 1 aliphatic rings. The van der Waals surface area contributed by atoms with Crippen molar-refractivity contribution < 1.29 is 28.7 Å². The number of hydrogen-bond donors (Lipinski definition) is 3. The lowest BCUT2D eigenvalue weighted by molar-refractivity contribution is -0.158. The van der Waals surface area contributed by atoms with E-state index in [2.05, 4.69) is 16.0 Å². The fourth-order valence-corrected chi connectivity index (χ4v) is 4.86. The van der Waals surface area contributed by atoms with Crippen LogP contribution in [0.15, 0.2) is 78.9 Å². The Kier molecular flexibility index (Phi) is 9.62. The molecular weight excluding hydrogens is 534 g/mol. The van der Waals surface area contributed by atoms with E-state index in [-0.39, 0.29) is 25.5 Å². The van der Waals surface area contributed by atoms with Crippen molar-refractivity contribution in [3.63, 3.8) is 0 Å². The Balaban J connectivity index is 1.26. The van der Waals surface area contributed by atoms with Gasteiger partial charge in [-0.15, -0.1) is 0 Å². The molecule has 0 unspecified atom stereocenters. The first kappa shape index (κ1) is 30.3. The number of alkyl carbamates (subject to hydrolysis) is 1. The summed E-state index contributed by atoms with van der Waals surface area (Å²) in [5.74, 6) is -1.82. The Morgan fingerprint density at radius 3 is 1.98 bits per heavy atom. The van der Waals surface area contributed by atoms with Crippen LogP contribution in [-0.2, 0) is 30.3 Å². The molecule has 9 nitrogen and oxygen atoms in total. The van der Waals surface area contributed by atoms with Crippen LogP contribution in [0.3, 0.4) is 0 Å². The molecule has 0 heterocycles. The van der Waals surface area contributed by atoms with Gasteiger partial charge in [0.05, 0.1) is 6.54 Å². The highest BCUT2D eigenvalue weighted by atomic mass is 16.6. The van der Waals surface area contributed by atoms with Gasteiger partial charge in [0, 0.05) is 12.3 Å². The van der Waals surface area contributed by atoms with Gasteiger partial charge in [-0.05, 0) is 55.5 Å². The Labute approximate surface area is 246 Å². The van der Waals surface area contributed by atoms with Crippen LogP contribution in [0, 0.1) is 0 Å². The molecule has 3 aromatic rings. The predicted molar refractivity (Wildman–Crippen MR) is 159 cm³/mol. The molecule has 3 N–H and O–H groups in total. The number of carbonyl (C=O) groups excluding carboxylic acids is 4. The average molecular weight is 572 g/mol. The molecule has 4 rings (SSSR count). The number of rotatable bonds is 10. The summed E-state index contributed by atoms with van der Waals surface area (Å²) in [4.78, 5) is 50.6. The van der Waals surface area contributed by atoms with Gasteiger partial charge in [0.1, 0.15) is 24.3 Å². The maximum Gasteiger partial charge on any atom is 0.407 e. The highest BCUT2D eigenvalue weighted by Gasteiger charge is 2.30. The topological polar surface area (TPSA) is 123 Å². The first-order valence-corrected chi connectivity index (χ1v) is 14.0. The second-order valence-corrected chi connectivity index (χ2v) is 11.3. The van der Waals surface area contributed by atoms with Gasteiger partial charge in [-0.25, -0.2) is 9.59 Å². The third kappa shape index (κ3) is 7.96. The molecule has 0 bridgehead atoms. The molecule has 220 valence electrons. The number of benzene rings is 3. The predicted octanol–water partition coefficient (Wildman–Crippen LogP) is 4.10. The number of nitrogens with one attached hydrogen (secondary N) is 3. The van der Waals surface area contributed by atoms with Gasteiger partial charge < -0.3 is 25.4 Å². The van der Waals surface area contributed by atoms with Crippen LogP contribution in [0.25, 0.3) is 11.1 Å². The number of fused-ring (bicyclic) bond motifs is 3. The zero-order valence-electron chi connectivity index (χ0n) is 24.3. The maximum absolute atomic E-state index is 12.8. The van der Waals surface area contributed by atoms with Crippen molar-refractivity contribution in [1.82, 2.24) is 16.0 Å². The van der Waals surface area contributed by atoms with E-state index in [1.54, 1.807) is 20.8 Å². The minimum atomic E-state index is -0.959. The van der Waals surface area contributed by atoms with Crippen LogP contribution in [0.1, 0.15) is 50.3 Å². The molecule has 3 aromatic carbocycles. The van der Waals surface area contributed by atoms with Gasteiger partial charge in [0.2, 0.25) is 11.8 Å². The summed E-state index contributed by atoms with van der Waals surface area (Å²) in [6, 6.07) is 23.4. The van der Waals surface area contributed by atoms with Crippen LogP contribution in [0.4, 0.5) is 4.79 Å². The van der Waals surface area contributed by atoms with Crippen LogP contribution < -0.4 is 16.0 Å². The first-order valence-electron chi connectivity index (χ1n) is 14.0. The fraction of sp³-hybridized carbons (Fsp3) is 0.333. The molecule has 9 heteroatoms. The molecular formula is C33H37N3O6. The standard InChI is InChI=1S/C33H37N3O6/c1-21(35-32(40)41-20-27-25-16-10-8-14-23(25)24-15-9-11-17-26(24)27)30(38)34-19-29(37)36-28(31(39)42-33(2,3)4)18-22-12-6-5-7-13-22/h5-17,21,27-28H,18-20H2,1-4H3,(H,34,38)(H,35,40)(H,36,37)/t21-,28+/m1/s1. The molecule has 0 saturated carbocycles. The smallest absolute Gasteiger partial charge is 0.407 e. The first-order chi connectivity index (χ1) is 20.0. The van der Waals surface area contributed by atoms with E-state index >= 15 is 0 Å². The molecule has 1 aliphatic carbocycles. The minimum Gasteiger partial charge on any atom is -0.458 e. The molecule has 0 spiro atoms. The number of esters is 1. The van der Waals surface area contributed by atoms with E-state index in [0.29, 0.717) is 0 Å². The lowest BCUT2D eigenvalue weighted by Crippen LogP contribution is -2.51. The van der Waals surface area contributed by atoms with Crippen molar-refractivity contribution in [2.75, 3.05) is 13.2 Å². The van der Waals surface area contributed by atoms with E-state index in [1.165, 1.54) is 6.92 Å². The van der Waals surface area contributed by atoms with E-state index in [0.717, 1.165) is 27.8 Å². The van der Waals surface area contributed by atoms with E-state index < -0.39 is 41.6 Å². The molecule has 0 saturated heterocycles. The van der Waals surface area contributed by atoms with Crippen molar-refractivity contribution in [1.29, 1.82) is 0 Å². The monoisotopic (exact) mass is 571 g/mol. The number of carbonyl (C=O) groups is 4. The third-order valence-electron chi connectivity index (χ3n) is 6.80. The summed E-state index contributed by atoms with van der Waals surface area (Å²) in [6.45, 7) is 6.47. The van der Waals surface area contributed by atoms with Crippen molar-refractivity contribution in [2.45, 2.75) is 57.7 Å². The van der Waals surface area contributed by atoms with Gasteiger partial charge in [-0.3, -0.25) is 9.59 Å². The van der Waals surface area contributed by atoms with E-state index in [9.17, 15) is 19.2 Å². The zero-order valence-corrected chi connectivity index (χ0v) is 24.3. The molecule has 2 atom stereocenters.